The number of hydrogen-bond donors (Lipinski definition) is 3. The van der Waals surface area contributed by atoms with Crippen LogP contribution in [0.15, 0.2) is 29.4 Å². The fraction of sp³-hybridized carbons (Fsp3) is 0. The van der Waals surface area contributed by atoms with E-state index >= 15 is 0 Å². The zero-order valence-corrected chi connectivity index (χ0v) is 7.68. The Labute approximate surface area is 85.2 Å². The summed E-state index contributed by atoms with van der Waals surface area (Å²) in [5.74, 6) is -0.767. The lowest BCUT2D eigenvalue weighted by atomic mass is 10.2. The normalized spacial score (nSPS) is 13.9. The fourth-order valence-electron chi connectivity index (χ4n) is 0.850. The summed E-state index contributed by atoms with van der Waals surface area (Å²) in [5.41, 5.74) is 10.3. The molecule has 7 nitrogen and oxygen atoms in total. The van der Waals surface area contributed by atoms with Gasteiger partial charge in [0.15, 0.2) is 5.78 Å². The topological polar surface area (TPSA) is 126 Å². The number of hydrazone groups is 1. The van der Waals surface area contributed by atoms with Crippen LogP contribution in [0.4, 0.5) is 4.79 Å². The summed E-state index contributed by atoms with van der Waals surface area (Å²) in [6.07, 6.45) is 5.33. The number of rotatable bonds is 1. The number of ketones is 1. The number of nitrogens with two attached hydrogens (primary N) is 2. The van der Waals surface area contributed by atoms with Crippen molar-refractivity contribution in [3.05, 3.63) is 24.3 Å². The number of primary amides is 1. The van der Waals surface area contributed by atoms with E-state index in [1.165, 1.54) is 24.3 Å². The maximum atomic E-state index is 10.8. The van der Waals surface area contributed by atoms with Crippen molar-refractivity contribution in [1.29, 1.82) is 5.41 Å². The molecule has 1 aliphatic rings. The highest BCUT2D eigenvalue weighted by molar-refractivity contribution is 6.17. The molecule has 1 aliphatic carbocycles. The third-order valence-corrected chi connectivity index (χ3v) is 1.49. The van der Waals surface area contributed by atoms with Crippen LogP contribution in [-0.4, -0.2) is 28.5 Å². The van der Waals surface area contributed by atoms with Gasteiger partial charge in [0, 0.05) is 0 Å². The van der Waals surface area contributed by atoms with Crippen molar-refractivity contribution in [3.63, 3.8) is 0 Å². The van der Waals surface area contributed by atoms with Crippen LogP contribution in [0.3, 0.4) is 0 Å². The van der Waals surface area contributed by atoms with Gasteiger partial charge in [-0.05, 0) is 24.3 Å². The predicted molar refractivity (Wildman–Crippen MR) is 54.1 cm³/mol. The molecule has 78 valence electrons. The second kappa shape index (κ2) is 4.18. The zero-order chi connectivity index (χ0) is 11.4. The first kappa shape index (κ1) is 10.6. The summed E-state index contributed by atoms with van der Waals surface area (Å²) in [7, 11) is 0. The van der Waals surface area contributed by atoms with E-state index in [1.54, 1.807) is 0 Å². The van der Waals surface area contributed by atoms with Gasteiger partial charge in [-0.25, -0.2) is 4.79 Å². The van der Waals surface area contributed by atoms with Gasteiger partial charge in [0.1, 0.15) is 0 Å². The summed E-state index contributed by atoms with van der Waals surface area (Å²) in [6.45, 7) is 0. The molecule has 0 heterocycles. The molecule has 0 bridgehead atoms. The summed E-state index contributed by atoms with van der Waals surface area (Å²) >= 11 is 0. The minimum Gasteiger partial charge on any atom is -0.368 e. The Morgan fingerprint density at radius 1 is 1.27 bits per heavy atom. The molecular weight excluding hydrogens is 198 g/mol. The lowest BCUT2D eigenvalue weighted by Crippen LogP contribution is -2.41. The Balaban J connectivity index is 2.90. The summed E-state index contributed by atoms with van der Waals surface area (Å²) < 4.78 is 0. The highest BCUT2D eigenvalue weighted by Gasteiger charge is 2.12. The van der Waals surface area contributed by atoms with E-state index in [0.717, 1.165) is 0 Å². The Bertz CT molecular complexity index is 375. The van der Waals surface area contributed by atoms with E-state index in [2.05, 4.69) is 5.10 Å². The van der Waals surface area contributed by atoms with Gasteiger partial charge in [0.25, 0.3) is 0 Å². The smallest absolute Gasteiger partial charge is 0.342 e. The molecular formula is C8H9N5O2. The highest BCUT2D eigenvalue weighted by atomic mass is 16.2. The Hall–Kier alpha value is -2.44. The highest BCUT2D eigenvalue weighted by Crippen LogP contribution is 1.98. The molecule has 0 atom stereocenters. The average molecular weight is 207 g/mol. The minimum atomic E-state index is -0.964. The molecule has 0 saturated heterocycles. The lowest BCUT2D eigenvalue weighted by molar-refractivity contribution is -0.110. The SMILES string of the molecule is N=C(N)N(N=C1C=CC(=O)C=C1)C(N)=O. The number of nitrogens with zero attached hydrogens (tertiary/aromatic N) is 2. The van der Waals surface area contributed by atoms with Gasteiger partial charge in [-0.3, -0.25) is 10.2 Å². The van der Waals surface area contributed by atoms with Crippen molar-refractivity contribution in [2.75, 3.05) is 0 Å². The Morgan fingerprint density at radius 3 is 2.20 bits per heavy atom. The number of carbonyl (C=O) groups excluding carboxylic acids is 2. The fourth-order valence-corrected chi connectivity index (χ4v) is 0.850. The van der Waals surface area contributed by atoms with Crippen molar-refractivity contribution < 1.29 is 9.59 Å². The van der Waals surface area contributed by atoms with E-state index in [9.17, 15) is 9.59 Å². The van der Waals surface area contributed by atoms with Gasteiger partial charge in [0.2, 0.25) is 5.96 Å². The molecule has 0 spiro atoms. The molecule has 5 N–H and O–H groups in total. The standard InChI is InChI=1S/C8H9N5O2/c9-7(10)13(8(11)15)12-5-1-3-6(14)4-2-5/h1-4H,(H3,9,10)(H2,11,15). The maximum absolute atomic E-state index is 10.8. The van der Waals surface area contributed by atoms with E-state index in [-0.39, 0.29) is 5.78 Å². The molecule has 7 heteroatoms. The second-order valence-electron chi connectivity index (χ2n) is 2.63. The lowest BCUT2D eigenvalue weighted by Gasteiger charge is -2.12. The van der Waals surface area contributed by atoms with Crippen LogP contribution in [0.2, 0.25) is 0 Å². The van der Waals surface area contributed by atoms with Crippen LogP contribution in [0.1, 0.15) is 0 Å². The number of hydrogen-bond acceptors (Lipinski definition) is 4. The Morgan fingerprint density at radius 2 is 1.80 bits per heavy atom. The first-order chi connectivity index (χ1) is 7.00. The number of nitrogens with one attached hydrogen (secondary N) is 1. The molecule has 0 fully saturated rings. The molecule has 0 radical (unpaired) electrons. The van der Waals surface area contributed by atoms with Crippen molar-refractivity contribution in [2.24, 2.45) is 16.6 Å². The van der Waals surface area contributed by atoms with Crippen molar-refractivity contribution >= 4 is 23.5 Å². The molecule has 15 heavy (non-hydrogen) atoms. The average Bonchev–Trinajstić information content (AvgIpc) is 2.15. The number of allylic oxidation sites excluding steroid dienone is 4. The number of guanidine groups is 1. The summed E-state index contributed by atoms with van der Waals surface area (Å²) in [5, 5.41) is 11.2. The van der Waals surface area contributed by atoms with Crippen LogP contribution in [-0.2, 0) is 4.79 Å². The first-order valence-corrected chi connectivity index (χ1v) is 3.93. The van der Waals surface area contributed by atoms with Gasteiger partial charge in [-0.1, -0.05) is 0 Å². The number of urea groups is 1. The molecule has 1 rings (SSSR count). The van der Waals surface area contributed by atoms with Gasteiger partial charge >= 0.3 is 6.03 Å². The van der Waals surface area contributed by atoms with Gasteiger partial charge in [0.05, 0.1) is 5.71 Å². The molecule has 0 aromatic rings. The summed E-state index contributed by atoms with van der Waals surface area (Å²) in [4.78, 5) is 21.5. The Kier molecular flexibility index (Phi) is 2.97. The van der Waals surface area contributed by atoms with Crippen LogP contribution in [0.25, 0.3) is 0 Å². The van der Waals surface area contributed by atoms with Crippen molar-refractivity contribution in [1.82, 2.24) is 5.01 Å². The van der Waals surface area contributed by atoms with Gasteiger partial charge < -0.3 is 11.5 Å². The van der Waals surface area contributed by atoms with Crippen LogP contribution < -0.4 is 11.5 Å². The summed E-state index contributed by atoms with van der Waals surface area (Å²) in [6, 6.07) is -0.964. The molecule has 2 amide bonds. The third kappa shape index (κ3) is 2.76. The molecule has 0 saturated carbocycles. The minimum absolute atomic E-state index is 0.178. The van der Waals surface area contributed by atoms with E-state index in [1.807, 2.05) is 0 Å². The monoisotopic (exact) mass is 207 g/mol. The third-order valence-electron chi connectivity index (χ3n) is 1.49. The van der Waals surface area contributed by atoms with Crippen molar-refractivity contribution in [3.8, 4) is 0 Å². The maximum Gasteiger partial charge on any atom is 0.342 e. The molecule has 0 aromatic carbocycles. The van der Waals surface area contributed by atoms with Gasteiger partial charge in [-0.15, -0.1) is 5.01 Å². The first-order valence-electron chi connectivity index (χ1n) is 3.93. The molecule has 0 aromatic heterocycles. The van der Waals surface area contributed by atoms with E-state index in [0.29, 0.717) is 10.7 Å². The zero-order valence-electron chi connectivity index (χ0n) is 7.68. The number of amides is 2. The quantitative estimate of drug-likeness (QED) is 0.228. The molecule has 0 unspecified atom stereocenters. The van der Waals surface area contributed by atoms with Crippen LogP contribution in [0.5, 0.6) is 0 Å². The predicted octanol–water partition coefficient (Wildman–Crippen LogP) is -0.688. The van der Waals surface area contributed by atoms with E-state index in [4.69, 9.17) is 16.9 Å². The van der Waals surface area contributed by atoms with Crippen molar-refractivity contribution in [2.45, 2.75) is 0 Å². The second-order valence-corrected chi connectivity index (χ2v) is 2.63. The van der Waals surface area contributed by atoms with Gasteiger partial charge in [-0.2, -0.15) is 5.10 Å². The largest absolute Gasteiger partial charge is 0.368 e. The number of carbonyl (C=O) groups is 2. The molecule has 0 aliphatic heterocycles. The van der Waals surface area contributed by atoms with Crippen LogP contribution in [0, 0.1) is 5.41 Å². The van der Waals surface area contributed by atoms with E-state index < -0.39 is 12.0 Å². The van der Waals surface area contributed by atoms with Crippen LogP contribution >= 0.6 is 0 Å².